The molecule has 0 aliphatic carbocycles. The van der Waals surface area contributed by atoms with Gasteiger partial charge in [0.1, 0.15) is 13.6 Å². The number of aliphatic imine (C=N–C) groups is 2. The first-order chi connectivity index (χ1) is 5.56. The third-order valence-electron chi connectivity index (χ3n) is 2.17. The smallest absolute Gasteiger partial charge is 0.361 e. The standard InChI is InChI=1S/C5H10N7/c1-12-3(6)2-9-5(12)10-4(7)11(12)8/h6H,2,8H2,1H3,(H2,7,9,10)/q+1. The first kappa shape index (κ1) is 7.19. The zero-order valence-electron chi connectivity index (χ0n) is 6.65. The number of nitrogens with one attached hydrogen (secondary N) is 1. The van der Waals surface area contributed by atoms with Crippen LogP contribution in [0.15, 0.2) is 9.98 Å². The maximum Gasteiger partial charge on any atom is 0.361 e. The summed E-state index contributed by atoms with van der Waals surface area (Å²) in [7, 11) is 1.73. The second-order valence-electron chi connectivity index (χ2n) is 2.84. The summed E-state index contributed by atoms with van der Waals surface area (Å²) in [5.74, 6) is 6.67. The monoisotopic (exact) mass is 168 g/mol. The number of rotatable bonds is 0. The fourth-order valence-corrected chi connectivity index (χ4v) is 1.26. The van der Waals surface area contributed by atoms with E-state index in [9.17, 15) is 0 Å². The second kappa shape index (κ2) is 1.82. The molecular weight excluding hydrogens is 158 g/mol. The molecule has 0 aromatic rings. The molecule has 12 heavy (non-hydrogen) atoms. The van der Waals surface area contributed by atoms with Crippen LogP contribution in [-0.2, 0) is 0 Å². The topological polar surface area (TPSA) is 104 Å². The number of quaternary nitrogens is 1. The quantitative estimate of drug-likeness (QED) is 0.293. The highest BCUT2D eigenvalue weighted by atomic mass is 15.9. The maximum absolute atomic E-state index is 7.60. The molecule has 2 rings (SSSR count). The SMILES string of the molecule is C[N+]12C(=N)CN=C1N=C(N)N2N. The Labute approximate surface area is 69.0 Å². The number of nitrogens with zero attached hydrogens (tertiary/aromatic N) is 4. The maximum atomic E-state index is 7.60. The minimum absolute atomic E-state index is 0.00810. The lowest BCUT2D eigenvalue weighted by molar-refractivity contribution is -0.840. The number of hydrazine groups is 1. The summed E-state index contributed by atoms with van der Waals surface area (Å²) in [4.78, 5) is 7.96. The molecule has 0 saturated carbocycles. The number of guanidine groups is 2. The van der Waals surface area contributed by atoms with Gasteiger partial charge in [0.05, 0.1) is 0 Å². The van der Waals surface area contributed by atoms with Crippen LogP contribution in [0.5, 0.6) is 0 Å². The molecule has 2 aliphatic heterocycles. The van der Waals surface area contributed by atoms with Crippen LogP contribution in [0, 0.1) is 5.41 Å². The highest BCUT2D eigenvalue weighted by Gasteiger charge is 2.51. The molecule has 0 spiro atoms. The van der Waals surface area contributed by atoms with Gasteiger partial charge in [-0.25, -0.2) is 4.99 Å². The molecule has 0 aromatic carbocycles. The molecule has 0 amide bonds. The fraction of sp³-hybridized carbons (Fsp3) is 0.400. The van der Waals surface area contributed by atoms with Crippen molar-refractivity contribution in [1.82, 2.24) is 5.12 Å². The number of hydrogen-bond acceptors (Lipinski definition) is 6. The summed E-state index contributed by atoms with van der Waals surface area (Å²) >= 11 is 0. The third-order valence-corrected chi connectivity index (χ3v) is 2.17. The van der Waals surface area contributed by atoms with Crippen LogP contribution in [0.2, 0.25) is 0 Å². The first-order valence-electron chi connectivity index (χ1n) is 3.46. The van der Waals surface area contributed by atoms with Crippen LogP contribution >= 0.6 is 0 Å². The molecule has 0 aromatic heterocycles. The molecule has 1 unspecified atom stereocenters. The Bertz CT molecular complexity index is 316. The van der Waals surface area contributed by atoms with E-state index in [2.05, 4.69) is 9.98 Å². The number of nitrogens with two attached hydrogens (primary N) is 2. The molecule has 2 heterocycles. The van der Waals surface area contributed by atoms with Crippen molar-refractivity contribution in [3.63, 3.8) is 0 Å². The average Bonchev–Trinajstić information content (AvgIpc) is 2.41. The zero-order chi connectivity index (χ0) is 8.93. The summed E-state index contributed by atoms with van der Waals surface area (Å²) in [6.45, 7) is 0.344. The lowest BCUT2D eigenvalue weighted by Crippen LogP contribution is -2.63. The molecule has 2 aliphatic rings. The van der Waals surface area contributed by atoms with Crippen LogP contribution in [0.4, 0.5) is 0 Å². The van der Waals surface area contributed by atoms with Gasteiger partial charge >= 0.3 is 5.96 Å². The lowest BCUT2D eigenvalue weighted by atomic mass is 10.5. The Balaban J connectivity index is 2.52. The minimum Gasteiger partial charge on any atom is -0.364 e. The van der Waals surface area contributed by atoms with Gasteiger partial charge in [0, 0.05) is 0 Å². The van der Waals surface area contributed by atoms with E-state index >= 15 is 0 Å². The Morgan fingerprint density at radius 3 is 2.92 bits per heavy atom. The number of likely N-dealkylation sites (N-methyl/N-ethyl adjacent to an activating group) is 1. The lowest BCUT2D eigenvalue weighted by Gasteiger charge is -2.27. The van der Waals surface area contributed by atoms with E-state index < -0.39 is 0 Å². The highest BCUT2D eigenvalue weighted by Crippen LogP contribution is 2.20. The van der Waals surface area contributed by atoms with Crippen molar-refractivity contribution >= 4 is 17.8 Å². The number of amidine groups is 1. The van der Waals surface area contributed by atoms with Gasteiger partial charge in [0.25, 0.3) is 11.8 Å². The Hall–Kier alpha value is -1.47. The van der Waals surface area contributed by atoms with Gasteiger partial charge in [0.15, 0.2) is 0 Å². The summed E-state index contributed by atoms with van der Waals surface area (Å²) in [6.07, 6.45) is 0. The van der Waals surface area contributed by atoms with Gasteiger partial charge in [-0.2, -0.15) is 5.84 Å². The van der Waals surface area contributed by atoms with Gasteiger partial charge in [-0.05, 0) is 0 Å². The fourth-order valence-electron chi connectivity index (χ4n) is 1.26. The normalized spacial score (nSPS) is 33.5. The van der Waals surface area contributed by atoms with Crippen molar-refractivity contribution in [2.24, 2.45) is 21.6 Å². The van der Waals surface area contributed by atoms with E-state index in [4.69, 9.17) is 17.0 Å². The van der Waals surface area contributed by atoms with E-state index in [1.807, 2.05) is 0 Å². The highest BCUT2D eigenvalue weighted by molar-refractivity contribution is 6.03. The van der Waals surface area contributed by atoms with E-state index in [1.54, 1.807) is 7.05 Å². The Morgan fingerprint density at radius 2 is 2.33 bits per heavy atom. The zero-order valence-corrected chi connectivity index (χ0v) is 6.65. The molecule has 0 radical (unpaired) electrons. The first-order valence-corrected chi connectivity index (χ1v) is 3.46. The van der Waals surface area contributed by atoms with Gasteiger partial charge in [-0.3, -0.25) is 5.41 Å². The predicted molar refractivity (Wildman–Crippen MR) is 43.9 cm³/mol. The predicted octanol–water partition coefficient (Wildman–Crippen LogP) is -1.80. The molecular formula is C5H10N7+. The van der Waals surface area contributed by atoms with Gasteiger partial charge < -0.3 is 5.73 Å². The van der Waals surface area contributed by atoms with E-state index in [1.165, 1.54) is 5.12 Å². The second-order valence-corrected chi connectivity index (χ2v) is 2.84. The molecule has 7 nitrogen and oxygen atoms in total. The number of fused-ring (bicyclic) bond motifs is 1. The molecule has 1 atom stereocenters. The van der Waals surface area contributed by atoms with E-state index in [0.717, 1.165) is 0 Å². The summed E-state index contributed by atoms with van der Waals surface area (Å²) in [6, 6.07) is 0. The largest absolute Gasteiger partial charge is 0.364 e. The molecule has 64 valence electrons. The summed E-state index contributed by atoms with van der Waals surface area (Å²) < 4.78 is -0.00810. The van der Waals surface area contributed by atoms with Crippen LogP contribution < -0.4 is 11.6 Å². The van der Waals surface area contributed by atoms with Crippen molar-refractivity contribution < 1.29 is 4.59 Å². The number of hydrogen-bond donors (Lipinski definition) is 3. The van der Waals surface area contributed by atoms with Crippen LogP contribution in [0.3, 0.4) is 0 Å². The molecule has 7 heteroatoms. The van der Waals surface area contributed by atoms with Gasteiger partial charge in [-0.15, -0.1) is 10.1 Å². The average molecular weight is 168 g/mol. The van der Waals surface area contributed by atoms with Crippen LogP contribution in [0.25, 0.3) is 0 Å². The van der Waals surface area contributed by atoms with Crippen LogP contribution in [0.1, 0.15) is 0 Å². The Morgan fingerprint density at radius 1 is 1.67 bits per heavy atom. The third kappa shape index (κ3) is 0.555. The van der Waals surface area contributed by atoms with Crippen LogP contribution in [-0.4, -0.2) is 41.1 Å². The molecule has 0 saturated heterocycles. The van der Waals surface area contributed by atoms with Crippen molar-refractivity contribution in [2.45, 2.75) is 0 Å². The summed E-state index contributed by atoms with van der Waals surface area (Å²) in [5.41, 5.74) is 5.47. The molecule has 0 fully saturated rings. The Kier molecular flexibility index (Phi) is 1.09. The molecule has 5 N–H and O–H groups in total. The van der Waals surface area contributed by atoms with Gasteiger partial charge in [-0.1, -0.05) is 4.59 Å². The van der Waals surface area contributed by atoms with Gasteiger partial charge in [0.2, 0.25) is 0 Å². The van der Waals surface area contributed by atoms with E-state index in [-0.39, 0.29) is 10.6 Å². The van der Waals surface area contributed by atoms with Crippen molar-refractivity contribution in [3.05, 3.63) is 0 Å². The van der Waals surface area contributed by atoms with E-state index in [0.29, 0.717) is 18.3 Å². The van der Waals surface area contributed by atoms with Crippen molar-refractivity contribution in [2.75, 3.05) is 13.6 Å². The van der Waals surface area contributed by atoms with Crippen molar-refractivity contribution in [1.29, 1.82) is 5.41 Å². The van der Waals surface area contributed by atoms with Crippen molar-refractivity contribution in [3.8, 4) is 0 Å². The molecule has 0 bridgehead atoms. The minimum atomic E-state index is -0.00810. The summed E-state index contributed by atoms with van der Waals surface area (Å²) in [5, 5.41) is 8.83.